The van der Waals surface area contributed by atoms with Crippen LogP contribution in [0, 0.1) is 5.41 Å². The second kappa shape index (κ2) is 3.84. The molecular formula is C10H15N5. The third-order valence-corrected chi connectivity index (χ3v) is 2.53. The van der Waals surface area contributed by atoms with E-state index in [1.165, 1.54) is 12.8 Å². The Hall–Kier alpha value is -1.65. The highest BCUT2D eigenvalue weighted by molar-refractivity contribution is 5.97. The molecule has 1 heterocycles. The molecule has 5 nitrogen and oxygen atoms in total. The van der Waals surface area contributed by atoms with E-state index in [0.29, 0.717) is 11.7 Å². The van der Waals surface area contributed by atoms with Crippen molar-refractivity contribution < 1.29 is 0 Å². The van der Waals surface area contributed by atoms with Crippen molar-refractivity contribution in [3.8, 4) is 0 Å². The van der Waals surface area contributed by atoms with Crippen LogP contribution in [-0.4, -0.2) is 28.4 Å². The molecule has 0 unspecified atom stereocenters. The standard InChI is InChI=1S/C10H15N5/c1-2-15(7-3-4-7)10-8(9(11)12)13-5-6-14-10/h5-7H,2-4H2,1H3,(H3,11,12). The van der Waals surface area contributed by atoms with Gasteiger partial charge in [-0.1, -0.05) is 0 Å². The fourth-order valence-electron chi connectivity index (χ4n) is 1.70. The topological polar surface area (TPSA) is 78.9 Å². The largest absolute Gasteiger partial charge is 0.382 e. The lowest BCUT2D eigenvalue weighted by molar-refractivity contribution is 0.801. The minimum atomic E-state index is -0.0165. The van der Waals surface area contributed by atoms with Crippen LogP contribution >= 0.6 is 0 Å². The quantitative estimate of drug-likeness (QED) is 0.561. The molecule has 1 aromatic rings. The van der Waals surface area contributed by atoms with E-state index in [1.54, 1.807) is 12.4 Å². The molecule has 1 fully saturated rings. The van der Waals surface area contributed by atoms with Crippen molar-refractivity contribution in [2.75, 3.05) is 11.4 Å². The Kier molecular flexibility index (Phi) is 2.53. The van der Waals surface area contributed by atoms with Crippen molar-refractivity contribution in [2.24, 2.45) is 5.73 Å². The van der Waals surface area contributed by atoms with E-state index in [4.69, 9.17) is 11.1 Å². The molecular weight excluding hydrogens is 190 g/mol. The molecule has 0 radical (unpaired) electrons. The SMILES string of the molecule is CCN(c1nccnc1C(=N)N)C1CC1. The molecule has 1 aromatic heterocycles. The maximum absolute atomic E-state index is 7.45. The van der Waals surface area contributed by atoms with Gasteiger partial charge in [0.1, 0.15) is 11.5 Å². The van der Waals surface area contributed by atoms with Crippen LogP contribution in [0.15, 0.2) is 12.4 Å². The Bertz CT molecular complexity index is 372. The molecule has 3 N–H and O–H groups in total. The fraction of sp³-hybridized carbons (Fsp3) is 0.500. The third kappa shape index (κ3) is 1.91. The maximum Gasteiger partial charge on any atom is 0.158 e. The molecule has 0 saturated heterocycles. The molecule has 15 heavy (non-hydrogen) atoms. The zero-order valence-corrected chi connectivity index (χ0v) is 8.77. The van der Waals surface area contributed by atoms with Gasteiger partial charge in [-0.3, -0.25) is 5.41 Å². The number of nitrogens with zero attached hydrogens (tertiary/aromatic N) is 3. The van der Waals surface area contributed by atoms with Crippen molar-refractivity contribution in [3.63, 3.8) is 0 Å². The van der Waals surface area contributed by atoms with Gasteiger partial charge in [-0.15, -0.1) is 0 Å². The van der Waals surface area contributed by atoms with Crippen molar-refractivity contribution in [2.45, 2.75) is 25.8 Å². The highest BCUT2D eigenvalue weighted by Gasteiger charge is 2.30. The Morgan fingerprint density at radius 1 is 1.53 bits per heavy atom. The minimum Gasteiger partial charge on any atom is -0.382 e. The highest BCUT2D eigenvalue weighted by atomic mass is 15.2. The third-order valence-electron chi connectivity index (χ3n) is 2.53. The summed E-state index contributed by atoms with van der Waals surface area (Å²) >= 11 is 0. The second-order valence-corrected chi connectivity index (χ2v) is 3.66. The van der Waals surface area contributed by atoms with Crippen LogP contribution in [0.4, 0.5) is 5.82 Å². The molecule has 1 aliphatic carbocycles. The molecule has 2 rings (SSSR count). The molecule has 0 spiro atoms. The van der Waals surface area contributed by atoms with Gasteiger partial charge in [0.25, 0.3) is 0 Å². The summed E-state index contributed by atoms with van der Waals surface area (Å²) in [5, 5.41) is 7.45. The van der Waals surface area contributed by atoms with Gasteiger partial charge in [0.05, 0.1) is 0 Å². The Labute approximate surface area is 88.8 Å². The van der Waals surface area contributed by atoms with Crippen molar-refractivity contribution >= 4 is 11.7 Å². The Morgan fingerprint density at radius 3 is 2.73 bits per heavy atom. The van der Waals surface area contributed by atoms with E-state index >= 15 is 0 Å². The summed E-state index contributed by atoms with van der Waals surface area (Å²) in [7, 11) is 0. The summed E-state index contributed by atoms with van der Waals surface area (Å²) in [5.74, 6) is 0.729. The summed E-state index contributed by atoms with van der Waals surface area (Å²) in [4.78, 5) is 10.5. The number of hydrogen-bond donors (Lipinski definition) is 2. The fourth-order valence-corrected chi connectivity index (χ4v) is 1.70. The minimum absolute atomic E-state index is 0.0165. The average Bonchev–Trinajstić information content (AvgIpc) is 3.04. The van der Waals surface area contributed by atoms with Crippen molar-refractivity contribution in [1.82, 2.24) is 9.97 Å². The normalized spacial score (nSPS) is 15.0. The first kappa shape index (κ1) is 9.89. The Balaban J connectivity index is 2.36. The monoisotopic (exact) mass is 205 g/mol. The first-order chi connectivity index (χ1) is 7.24. The smallest absolute Gasteiger partial charge is 0.158 e. The molecule has 5 heteroatoms. The van der Waals surface area contributed by atoms with Crippen LogP contribution in [0.25, 0.3) is 0 Å². The number of nitrogen functional groups attached to an aromatic ring is 1. The van der Waals surface area contributed by atoms with E-state index in [1.807, 2.05) is 0 Å². The molecule has 1 saturated carbocycles. The van der Waals surface area contributed by atoms with E-state index in [9.17, 15) is 0 Å². The van der Waals surface area contributed by atoms with Gasteiger partial charge < -0.3 is 10.6 Å². The second-order valence-electron chi connectivity index (χ2n) is 3.66. The first-order valence-corrected chi connectivity index (χ1v) is 5.16. The average molecular weight is 205 g/mol. The summed E-state index contributed by atoms with van der Waals surface area (Å²) < 4.78 is 0. The number of hydrogen-bond acceptors (Lipinski definition) is 4. The van der Waals surface area contributed by atoms with Gasteiger partial charge >= 0.3 is 0 Å². The van der Waals surface area contributed by atoms with Crippen LogP contribution in [0.1, 0.15) is 25.5 Å². The number of amidine groups is 1. The van der Waals surface area contributed by atoms with Gasteiger partial charge in [-0.05, 0) is 19.8 Å². The Morgan fingerprint density at radius 2 is 2.20 bits per heavy atom. The maximum atomic E-state index is 7.45. The number of nitrogens with one attached hydrogen (secondary N) is 1. The number of anilines is 1. The zero-order chi connectivity index (χ0) is 10.8. The zero-order valence-electron chi connectivity index (χ0n) is 8.77. The predicted octanol–water partition coefficient (Wildman–Crippen LogP) is 0.749. The van der Waals surface area contributed by atoms with Crippen LogP contribution in [0.3, 0.4) is 0 Å². The van der Waals surface area contributed by atoms with Gasteiger partial charge in [0.2, 0.25) is 0 Å². The first-order valence-electron chi connectivity index (χ1n) is 5.16. The van der Waals surface area contributed by atoms with Gasteiger partial charge in [-0.2, -0.15) is 0 Å². The molecule has 1 aliphatic rings. The van der Waals surface area contributed by atoms with Crippen LogP contribution < -0.4 is 10.6 Å². The summed E-state index contributed by atoms with van der Waals surface area (Å²) in [6.07, 6.45) is 5.61. The van der Waals surface area contributed by atoms with Gasteiger partial charge in [0.15, 0.2) is 5.82 Å². The molecule has 0 aromatic carbocycles. The number of rotatable bonds is 4. The van der Waals surface area contributed by atoms with E-state index in [-0.39, 0.29) is 5.84 Å². The molecule has 0 bridgehead atoms. The lowest BCUT2D eigenvalue weighted by atomic mass is 10.3. The van der Waals surface area contributed by atoms with Crippen molar-refractivity contribution in [1.29, 1.82) is 5.41 Å². The van der Waals surface area contributed by atoms with Crippen LogP contribution in [0.2, 0.25) is 0 Å². The molecule has 80 valence electrons. The van der Waals surface area contributed by atoms with E-state index in [0.717, 1.165) is 12.4 Å². The van der Waals surface area contributed by atoms with Gasteiger partial charge in [0, 0.05) is 25.0 Å². The van der Waals surface area contributed by atoms with E-state index < -0.39 is 0 Å². The molecule has 0 amide bonds. The summed E-state index contributed by atoms with van der Waals surface area (Å²) in [5.41, 5.74) is 5.97. The highest BCUT2D eigenvalue weighted by Crippen LogP contribution is 2.31. The lowest BCUT2D eigenvalue weighted by Crippen LogP contribution is -2.29. The lowest BCUT2D eigenvalue weighted by Gasteiger charge is -2.22. The van der Waals surface area contributed by atoms with Crippen LogP contribution in [-0.2, 0) is 0 Å². The molecule has 0 atom stereocenters. The van der Waals surface area contributed by atoms with Gasteiger partial charge in [-0.25, -0.2) is 9.97 Å². The summed E-state index contributed by atoms with van der Waals surface area (Å²) in [6.45, 7) is 2.96. The molecule has 0 aliphatic heterocycles. The van der Waals surface area contributed by atoms with E-state index in [2.05, 4.69) is 21.8 Å². The number of nitrogens with two attached hydrogens (primary N) is 1. The predicted molar refractivity (Wildman–Crippen MR) is 59.1 cm³/mol. The van der Waals surface area contributed by atoms with Crippen LogP contribution in [0.5, 0.6) is 0 Å². The number of aromatic nitrogens is 2. The van der Waals surface area contributed by atoms with Crippen molar-refractivity contribution in [3.05, 3.63) is 18.1 Å². The summed E-state index contributed by atoms with van der Waals surface area (Å²) in [6, 6.07) is 0.560.